The molecule has 1 fully saturated rings. The third kappa shape index (κ3) is 4.44. The minimum absolute atomic E-state index is 0.0838. The van der Waals surface area contributed by atoms with Gasteiger partial charge in [-0.05, 0) is 54.1 Å². The first kappa shape index (κ1) is 18.4. The van der Waals surface area contributed by atoms with Crippen molar-refractivity contribution in [2.45, 2.75) is 6.42 Å². The zero-order valence-electron chi connectivity index (χ0n) is 15.2. The Morgan fingerprint density at radius 1 is 1.07 bits per heavy atom. The number of carbonyl (C=O) groups excluding carboxylic acids is 2. The van der Waals surface area contributed by atoms with Crippen molar-refractivity contribution >= 4 is 23.7 Å². The van der Waals surface area contributed by atoms with Crippen LogP contribution >= 0.6 is 0 Å². The highest BCUT2D eigenvalue weighted by atomic mass is 16.5. The summed E-state index contributed by atoms with van der Waals surface area (Å²) in [6, 6.07) is 14.5. The van der Waals surface area contributed by atoms with Crippen molar-refractivity contribution in [3.05, 3.63) is 54.1 Å². The van der Waals surface area contributed by atoms with Gasteiger partial charge in [0.25, 0.3) is 0 Å². The first-order valence-electron chi connectivity index (χ1n) is 8.52. The lowest BCUT2D eigenvalue weighted by Gasteiger charge is -2.16. The summed E-state index contributed by atoms with van der Waals surface area (Å²) in [6.45, 7) is 0.328. The molecule has 0 unspecified atom stereocenters. The van der Waals surface area contributed by atoms with Gasteiger partial charge in [-0.1, -0.05) is 0 Å². The van der Waals surface area contributed by atoms with Gasteiger partial charge >= 0.3 is 0 Å². The SMILES string of the molecule is COc1ccc(/C=N/NC(=O)[C@@H]2CC(=O)N(c3ccc(OC)cc3)C2)cc1. The van der Waals surface area contributed by atoms with Crippen molar-refractivity contribution in [1.82, 2.24) is 5.43 Å². The topological polar surface area (TPSA) is 80.2 Å². The third-order valence-corrected chi connectivity index (χ3v) is 4.38. The van der Waals surface area contributed by atoms with Gasteiger partial charge in [0.15, 0.2) is 0 Å². The molecule has 0 aliphatic carbocycles. The second kappa shape index (κ2) is 8.35. The van der Waals surface area contributed by atoms with E-state index in [-0.39, 0.29) is 18.2 Å². The number of ether oxygens (including phenoxy) is 2. The predicted octanol–water partition coefficient (Wildman–Crippen LogP) is 2.21. The van der Waals surface area contributed by atoms with Gasteiger partial charge in [-0.2, -0.15) is 5.10 Å². The van der Waals surface area contributed by atoms with Crippen molar-refractivity contribution < 1.29 is 19.1 Å². The smallest absolute Gasteiger partial charge is 0.245 e. The number of amides is 2. The van der Waals surface area contributed by atoms with E-state index in [4.69, 9.17) is 9.47 Å². The molecule has 0 bridgehead atoms. The third-order valence-electron chi connectivity index (χ3n) is 4.38. The van der Waals surface area contributed by atoms with Crippen LogP contribution in [0, 0.1) is 5.92 Å². The monoisotopic (exact) mass is 367 g/mol. The quantitative estimate of drug-likeness (QED) is 0.627. The fourth-order valence-electron chi connectivity index (χ4n) is 2.85. The van der Waals surface area contributed by atoms with Gasteiger partial charge in [0, 0.05) is 18.7 Å². The second-order valence-electron chi connectivity index (χ2n) is 6.11. The van der Waals surface area contributed by atoms with Crippen molar-refractivity contribution in [1.29, 1.82) is 0 Å². The van der Waals surface area contributed by atoms with Crippen molar-refractivity contribution in [3.63, 3.8) is 0 Å². The van der Waals surface area contributed by atoms with Crippen molar-refractivity contribution in [3.8, 4) is 11.5 Å². The molecule has 140 valence electrons. The molecule has 2 aromatic rings. The lowest BCUT2D eigenvalue weighted by atomic mass is 10.1. The molecule has 0 radical (unpaired) electrons. The maximum absolute atomic E-state index is 12.3. The van der Waals surface area contributed by atoms with Crippen LogP contribution in [0.2, 0.25) is 0 Å². The Bertz CT molecular complexity index is 831. The molecule has 2 aromatic carbocycles. The van der Waals surface area contributed by atoms with Crippen LogP contribution in [-0.2, 0) is 9.59 Å². The summed E-state index contributed by atoms with van der Waals surface area (Å²) < 4.78 is 10.2. The highest BCUT2D eigenvalue weighted by Crippen LogP contribution is 2.26. The molecule has 7 heteroatoms. The minimum atomic E-state index is -0.437. The number of hydrogen-bond donors (Lipinski definition) is 1. The molecule has 7 nitrogen and oxygen atoms in total. The Balaban J connectivity index is 1.57. The summed E-state index contributed by atoms with van der Waals surface area (Å²) in [5, 5.41) is 3.98. The first-order chi connectivity index (χ1) is 13.1. The first-order valence-corrected chi connectivity index (χ1v) is 8.52. The number of nitrogens with zero attached hydrogens (tertiary/aromatic N) is 2. The van der Waals surface area contributed by atoms with E-state index in [9.17, 15) is 9.59 Å². The summed E-state index contributed by atoms with van der Waals surface area (Å²) in [4.78, 5) is 26.2. The molecular weight excluding hydrogens is 346 g/mol. The van der Waals surface area contributed by atoms with Gasteiger partial charge in [0.1, 0.15) is 11.5 Å². The van der Waals surface area contributed by atoms with Gasteiger partial charge in [0.05, 0.1) is 26.4 Å². The second-order valence-corrected chi connectivity index (χ2v) is 6.11. The van der Waals surface area contributed by atoms with Gasteiger partial charge in [0.2, 0.25) is 11.8 Å². The van der Waals surface area contributed by atoms with E-state index < -0.39 is 5.92 Å². The lowest BCUT2D eigenvalue weighted by Crippen LogP contribution is -2.30. The number of methoxy groups -OCH3 is 2. The molecule has 0 spiro atoms. The lowest BCUT2D eigenvalue weighted by molar-refractivity contribution is -0.126. The molecular formula is C20H21N3O4. The molecule has 1 saturated heterocycles. The Morgan fingerprint density at radius 2 is 1.67 bits per heavy atom. The summed E-state index contributed by atoms with van der Waals surface area (Å²) >= 11 is 0. The molecule has 3 rings (SSSR count). The molecule has 27 heavy (non-hydrogen) atoms. The van der Waals surface area contributed by atoms with Crippen LogP contribution in [-0.4, -0.2) is 38.8 Å². The fraction of sp³-hybridized carbons (Fsp3) is 0.250. The zero-order valence-corrected chi connectivity index (χ0v) is 15.2. The normalized spacial score (nSPS) is 16.6. The van der Waals surface area contributed by atoms with Crippen LogP contribution in [0.5, 0.6) is 11.5 Å². The molecule has 1 N–H and O–H groups in total. The van der Waals surface area contributed by atoms with E-state index >= 15 is 0 Å². The minimum Gasteiger partial charge on any atom is -0.497 e. The van der Waals surface area contributed by atoms with Gasteiger partial charge in [-0.15, -0.1) is 0 Å². The van der Waals surface area contributed by atoms with Gasteiger partial charge in [-0.3, -0.25) is 9.59 Å². The van der Waals surface area contributed by atoms with E-state index in [1.807, 2.05) is 24.3 Å². The Morgan fingerprint density at radius 3 is 2.26 bits per heavy atom. The van der Waals surface area contributed by atoms with Crippen LogP contribution in [0.4, 0.5) is 5.69 Å². The average Bonchev–Trinajstić information content (AvgIpc) is 3.10. The molecule has 1 aliphatic heterocycles. The Labute approximate surface area is 157 Å². The predicted molar refractivity (Wildman–Crippen MR) is 102 cm³/mol. The summed E-state index contributed by atoms with van der Waals surface area (Å²) in [7, 11) is 3.18. The molecule has 0 saturated carbocycles. The average molecular weight is 367 g/mol. The van der Waals surface area contributed by atoms with Gasteiger partial charge < -0.3 is 14.4 Å². The van der Waals surface area contributed by atoms with Crippen molar-refractivity contribution in [2.75, 3.05) is 25.7 Å². The molecule has 2 amide bonds. The number of anilines is 1. The summed E-state index contributed by atoms with van der Waals surface area (Å²) in [5.74, 6) is 0.669. The van der Waals surface area contributed by atoms with E-state index in [0.717, 1.165) is 17.0 Å². The van der Waals surface area contributed by atoms with E-state index in [1.54, 1.807) is 49.6 Å². The summed E-state index contributed by atoms with van der Waals surface area (Å²) in [5.41, 5.74) is 4.09. The number of carbonyl (C=O) groups is 2. The number of hydrazone groups is 1. The number of benzene rings is 2. The number of hydrogen-bond acceptors (Lipinski definition) is 5. The maximum atomic E-state index is 12.3. The fourth-order valence-corrected chi connectivity index (χ4v) is 2.85. The van der Waals surface area contributed by atoms with E-state index in [2.05, 4.69) is 10.5 Å². The van der Waals surface area contributed by atoms with Crippen LogP contribution in [0.25, 0.3) is 0 Å². The van der Waals surface area contributed by atoms with Gasteiger partial charge in [-0.25, -0.2) is 5.43 Å². The maximum Gasteiger partial charge on any atom is 0.245 e. The number of rotatable bonds is 6. The molecule has 0 aromatic heterocycles. The highest BCUT2D eigenvalue weighted by Gasteiger charge is 2.35. The van der Waals surface area contributed by atoms with Crippen molar-refractivity contribution in [2.24, 2.45) is 11.0 Å². The molecule has 1 aliphatic rings. The van der Waals surface area contributed by atoms with Crippen LogP contribution in [0.15, 0.2) is 53.6 Å². The zero-order chi connectivity index (χ0) is 19.2. The highest BCUT2D eigenvalue weighted by molar-refractivity contribution is 6.00. The van der Waals surface area contributed by atoms with Crippen LogP contribution in [0.3, 0.4) is 0 Å². The Hall–Kier alpha value is -3.35. The number of nitrogens with one attached hydrogen (secondary N) is 1. The Kier molecular flexibility index (Phi) is 5.71. The van der Waals surface area contributed by atoms with Crippen LogP contribution < -0.4 is 19.8 Å². The largest absolute Gasteiger partial charge is 0.497 e. The summed E-state index contributed by atoms with van der Waals surface area (Å²) in [6.07, 6.45) is 1.71. The van der Waals surface area contributed by atoms with E-state index in [0.29, 0.717) is 12.3 Å². The molecule has 1 atom stereocenters. The standard InChI is InChI=1S/C20H21N3O4/c1-26-17-7-3-14(4-8-17)12-21-22-20(25)15-11-19(24)23(13-15)16-5-9-18(27-2)10-6-16/h3-10,12,15H,11,13H2,1-2H3,(H,22,25)/b21-12+/t15-/m1/s1. The van der Waals surface area contributed by atoms with Crippen LogP contribution in [0.1, 0.15) is 12.0 Å². The molecule has 1 heterocycles. The van der Waals surface area contributed by atoms with E-state index in [1.165, 1.54) is 0 Å².